The first-order valence-corrected chi connectivity index (χ1v) is 13.6. The SMILES string of the molecule is CCCc1ccc(C(=O)N2c3ccc(C4(C)CC(C)(C)Nc5ccccc54)cc3C(C)=CC2(C)C)cc1. The topological polar surface area (TPSA) is 32.3 Å². The van der Waals surface area contributed by atoms with E-state index in [0.29, 0.717) is 0 Å². The lowest BCUT2D eigenvalue weighted by molar-refractivity contribution is 0.0970. The Balaban J connectivity index is 1.60. The van der Waals surface area contributed by atoms with Gasteiger partial charge >= 0.3 is 0 Å². The van der Waals surface area contributed by atoms with Crippen molar-refractivity contribution in [2.45, 2.75) is 84.2 Å². The summed E-state index contributed by atoms with van der Waals surface area (Å²) in [5.41, 5.74) is 8.58. The number of nitrogens with zero attached hydrogens (tertiary/aromatic N) is 1. The van der Waals surface area contributed by atoms with E-state index in [2.05, 4.69) is 114 Å². The van der Waals surface area contributed by atoms with E-state index in [-0.39, 0.29) is 16.9 Å². The molecule has 1 amide bonds. The molecule has 1 atom stereocenters. The van der Waals surface area contributed by atoms with E-state index >= 15 is 0 Å². The van der Waals surface area contributed by atoms with Crippen LogP contribution in [0.4, 0.5) is 11.4 Å². The van der Waals surface area contributed by atoms with Gasteiger partial charge in [-0.3, -0.25) is 9.69 Å². The van der Waals surface area contributed by atoms with E-state index in [1.165, 1.54) is 28.0 Å². The number of fused-ring (bicyclic) bond motifs is 2. The molecule has 0 saturated carbocycles. The number of carbonyl (C=O) groups excluding carboxylic acids is 1. The lowest BCUT2D eigenvalue weighted by atomic mass is 9.65. The van der Waals surface area contributed by atoms with Crippen LogP contribution in [0.1, 0.15) is 93.9 Å². The largest absolute Gasteiger partial charge is 0.380 e. The maximum Gasteiger partial charge on any atom is 0.259 e. The average molecular weight is 493 g/mol. The molecule has 0 fully saturated rings. The fourth-order valence-corrected chi connectivity index (χ4v) is 6.69. The summed E-state index contributed by atoms with van der Waals surface area (Å²) >= 11 is 0. The molecule has 3 heteroatoms. The van der Waals surface area contributed by atoms with Gasteiger partial charge < -0.3 is 5.32 Å². The van der Waals surface area contributed by atoms with Gasteiger partial charge in [0, 0.05) is 27.8 Å². The summed E-state index contributed by atoms with van der Waals surface area (Å²) in [4.78, 5) is 15.9. The highest BCUT2D eigenvalue weighted by molar-refractivity contribution is 6.10. The molecular weight excluding hydrogens is 452 g/mol. The molecule has 3 aromatic carbocycles. The first-order chi connectivity index (χ1) is 17.4. The molecular formula is C34H40N2O. The van der Waals surface area contributed by atoms with Crippen molar-refractivity contribution in [3.63, 3.8) is 0 Å². The van der Waals surface area contributed by atoms with Crippen molar-refractivity contribution in [2.24, 2.45) is 0 Å². The number of benzene rings is 3. The minimum absolute atomic E-state index is 0.0299. The second-order valence-electron chi connectivity index (χ2n) is 12.4. The summed E-state index contributed by atoms with van der Waals surface area (Å²) in [5, 5.41) is 3.73. The maximum absolute atomic E-state index is 13.9. The average Bonchev–Trinajstić information content (AvgIpc) is 2.83. The van der Waals surface area contributed by atoms with Gasteiger partial charge in [0.15, 0.2) is 0 Å². The van der Waals surface area contributed by atoms with Crippen LogP contribution in [0.2, 0.25) is 0 Å². The van der Waals surface area contributed by atoms with Crippen molar-refractivity contribution in [1.29, 1.82) is 0 Å². The third-order valence-electron chi connectivity index (χ3n) is 8.18. The summed E-state index contributed by atoms with van der Waals surface area (Å²) in [6, 6.07) is 23.6. The molecule has 2 aliphatic rings. The van der Waals surface area contributed by atoms with Crippen molar-refractivity contribution in [1.82, 2.24) is 0 Å². The van der Waals surface area contributed by atoms with E-state index in [1.54, 1.807) is 0 Å². The highest BCUT2D eigenvalue weighted by atomic mass is 16.2. The summed E-state index contributed by atoms with van der Waals surface area (Å²) in [7, 11) is 0. The van der Waals surface area contributed by atoms with Gasteiger partial charge in [0.1, 0.15) is 0 Å². The molecule has 0 aliphatic carbocycles. The van der Waals surface area contributed by atoms with Gasteiger partial charge in [-0.25, -0.2) is 0 Å². The van der Waals surface area contributed by atoms with Crippen LogP contribution >= 0.6 is 0 Å². The van der Waals surface area contributed by atoms with Gasteiger partial charge in [-0.2, -0.15) is 0 Å². The van der Waals surface area contributed by atoms with Crippen LogP contribution in [-0.4, -0.2) is 17.0 Å². The number of amides is 1. The van der Waals surface area contributed by atoms with Crippen LogP contribution in [0.5, 0.6) is 0 Å². The number of carbonyl (C=O) groups is 1. The van der Waals surface area contributed by atoms with E-state index in [1.807, 2.05) is 17.0 Å². The standard InChI is InChI=1S/C34H40N2O/c1-8-11-24-14-16-25(17-15-24)31(37)36-30-19-18-26(20-27(30)23(2)21-33(36,5)6)34(7)22-32(3,4)35-29-13-10-9-12-28(29)34/h9-10,12-21,35H,8,11,22H2,1-7H3. The van der Waals surface area contributed by atoms with Crippen LogP contribution in [0, 0.1) is 0 Å². The number of hydrogen-bond acceptors (Lipinski definition) is 2. The summed E-state index contributed by atoms with van der Waals surface area (Å²) in [5.74, 6) is 0.0466. The minimum atomic E-state index is -0.426. The Bertz CT molecular complexity index is 1380. The van der Waals surface area contributed by atoms with Crippen LogP contribution in [-0.2, 0) is 11.8 Å². The highest BCUT2D eigenvalue weighted by Gasteiger charge is 2.43. The van der Waals surface area contributed by atoms with Crippen LogP contribution < -0.4 is 10.2 Å². The van der Waals surface area contributed by atoms with Crippen molar-refractivity contribution in [2.75, 3.05) is 10.2 Å². The number of allylic oxidation sites excluding steroid dienone is 1. The number of para-hydroxylation sites is 1. The molecule has 3 nitrogen and oxygen atoms in total. The molecule has 192 valence electrons. The number of aryl methyl sites for hydroxylation is 1. The number of nitrogens with one attached hydrogen (secondary N) is 1. The number of anilines is 2. The molecule has 1 N–H and O–H groups in total. The molecule has 0 aromatic heterocycles. The molecule has 0 saturated heterocycles. The second kappa shape index (κ2) is 8.90. The van der Waals surface area contributed by atoms with Crippen molar-refractivity contribution in [3.8, 4) is 0 Å². The first kappa shape index (κ1) is 25.3. The van der Waals surface area contributed by atoms with E-state index in [9.17, 15) is 4.79 Å². The Morgan fingerprint density at radius 3 is 2.35 bits per heavy atom. The monoisotopic (exact) mass is 492 g/mol. The van der Waals surface area contributed by atoms with Crippen molar-refractivity contribution in [3.05, 3.63) is 101 Å². The molecule has 2 heterocycles. The van der Waals surface area contributed by atoms with Gasteiger partial charge in [0.25, 0.3) is 5.91 Å². The fraction of sp³-hybridized carbons (Fsp3) is 0.382. The third kappa shape index (κ3) is 4.39. The lowest BCUT2D eigenvalue weighted by Gasteiger charge is -2.47. The zero-order chi connectivity index (χ0) is 26.6. The normalized spacial score (nSPS) is 21.4. The Kier molecular flexibility index (Phi) is 6.09. The first-order valence-electron chi connectivity index (χ1n) is 13.6. The summed E-state index contributed by atoms with van der Waals surface area (Å²) in [6.45, 7) is 15.5. The molecule has 0 bridgehead atoms. The molecule has 1 unspecified atom stereocenters. The third-order valence-corrected chi connectivity index (χ3v) is 8.18. The molecule has 37 heavy (non-hydrogen) atoms. The molecule has 3 aromatic rings. The van der Waals surface area contributed by atoms with Gasteiger partial charge in [0.2, 0.25) is 0 Å². The number of rotatable bonds is 4. The lowest BCUT2D eigenvalue weighted by Crippen LogP contribution is -2.49. The van der Waals surface area contributed by atoms with E-state index in [0.717, 1.165) is 36.1 Å². The van der Waals surface area contributed by atoms with Crippen LogP contribution in [0.15, 0.2) is 72.8 Å². The zero-order valence-corrected chi connectivity index (χ0v) is 23.4. The maximum atomic E-state index is 13.9. The Morgan fingerprint density at radius 2 is 1.65 bits per heavy atom. The quantitative estimate of drug-likeness (QED) is 0.397. The van der Waals surface area contributed by atoms with Crippen molar-refractivity contribution < 1.29 is 4.79 Å². The minimum Gasteiger partial charge on any atom is -0.380 e. The fourth-order valence-electron chi connectivity index (χ4n) is 6.69. The molecule has 5 rings (SSSR count). The highest BCUT2D eigenvalue weighted by Crippen LogP contribution is 2.49. The number of hydrogen-bond donors (Lipinski definition) is 1. The predicted molar refractivity (Wildman–Crippen MR) is 157 cm³/mol. The van der Waals surface area contributed by atoms with Gasteiger partial charge in [0.05, 0.1) is 11.2 Å². The predicted octanol–water partition coefficient (Wildman–Crippen LogP) is 8.38. The summed E-state index contributed by atoms with van der Waals surface area (Å²) in [6.07, 6.45) is 5.36. The van der Waals surface area contributed by atoms with Gasteiger partial charge in [-0.05, 0) is 100 Å². The smallest absolute Gasteiger partial charge is 0.259 e. The van der Waals surface area contributed by atoms with Crippen LogP contribution in [0.25, 0.3) is 5.57 Å². The van der Waals surface area contributed by atoms with E-state index < -0.39 is 5.54 Å². The van der Waals surface area contributed by atoms with E-state index in [4.69, 9.17) is 0 Å². The molecule has 0 spiro atoms. The summed E-state index contributed by atoms with van der Waals surface area (Å²) < 4.78 is 0. The zero-order valence-electron chi connectivity index (χ0n) is 23.4. The van der Waals surface area contributed by atoms with Gasteiger partial charge in [-0.15, -0.1) is 0 Å². The Hall–Kier alpha value is -3.33. The Labute approximate surface area is 222 Å². The molecule has 2 aliphatic heterocycles. The van der Waals surface area contributed by atoms with Gasteiger partial charge in [-0.1, -0.05) is 62.7 Å². The second-order valence-corrected chi connectivity index (χ2v) is 12.4. The van der Waals surface area contributed by atoms with Crippen LogP contribution in [0.3, 0.4) is 0 Å². The molecule has 0 radical (unpaired) electrons. The van der Waals surface area contributed by atoms with Crippen molar-refractivity contribution >= 4 is 22.9 Å². The Morgan fingerprint density at radius 1 is 0.946 bits per heavy atom.